The third-order valence-corrected chi connectivity index (χ3v) is 9.91. The molecule has 0 aliphatic heterocycles. The van der Waals surface area contributed by atoms with E-state index in [1.54, 1.807) is 19.9 Å². The van der Waals surface area contributed by atoms with Crippen LogP contribution in [0.3, 0.4) is 0 Å². The standard InChI is InChI=1S/C42H48N6O10/c1-27(2)47(41(56)30-13-7-17-34(50)39(30)54)26-10-25-45(40(55)29-12-6-16-33(49)38(29)53)22-3-4-23-46(42(57)32-15-8-18-36(52)48(32)58)24-9-21-43-31-14-5-11-28-19-20-35(51)44-37(28)31/h5-8,11-20,27,38-39,43,53-54,58H,3-4,9-10,21-26H2,1-2H3,(H,44,51). The van der Waals surface area contributed by atoms with E-state index < -0.39 is 47.1 Å². The van der Waals surface area contributed by atoms with Gasteiger partial charge in [0.15, 0.2) is 11.6 Å². The lowest BCUT2D eigenvalue weighted by Crippen LogP contribution is -2.44. The molecule has 0 spiro atoms. The molecule has 2 unspecified atom stereocenters. The van der Waals surface area contributed by atoms with E-state index in [1.807, 2.05) is 18.2 Å². The molecule has 2 heterocycles. The lowest BCUT2D eigenvalue weighted by molar-refractivity contribution is -0.133. The first-order valence-corrected chi connectivity index (χ1v) is 19.2. The average molecular weight is 797 g/mol. The van der Waals surface area contributed by atoms with E-state index in [-0.39, 0.29) is 67.6 Å². The summed E-state index contributed by atoms with van der Waals surface area (Å²) in [5.41, 5.74) is -0.0401. The minimum Gasteiger partial charge on any atom is -0.425 e. The summed E-state index contributed by atoms with van der Waals surface area (Å²) in [4.78, 5) is 96.6. The molecule has 0 fully saturated rings. The van der Waals surface area contributed by atoms with Gasteiger partial charge in [0.25, 0.3) is 23.3 Å². The molecule has 0 saturated heterocycles. The van der Waals surface area contributed by atoms with Crippen LogP contribution in [0.2, 0.25) is 0 Å². The maximum atomic E-state index is 13.8. The topological polar surface area (TPSA) is 223 Å². The molecule has 2 atom stereocenters. The zero-order valence-electron chi connectivity index (χ0n) is 32.4. The number of aliphatic hydroxyl groups is 2. The van der Waals surface area contributed by atoms with Crippen LogP contribution in [-0.2, 0) is 19.2 Å². The maximum Gasteiger partial charge on any atom is 0.283 e. The number of nitrogens with zero attached hydrogens (tertiary/aromatic N) is 4. The van der Waals surface area contributed by atoms with Gasteiger partial charge in [-0.05, 0) is 69.9 Å². The molecule has 5 rings (SSSR count). The molecule has 0 bridgehead atoms. The Labute approximate surface area is 334 Å². The molecule has 0 radical (unpaired) electrons. The number of aromatic amines is 1. The van der Waals surface area contributed by atoms with E-state index >= 15 is 0 Å². The fourth-order valence-corrected chi connectivity index (χ4v) is 6.78. The van der Waals surface area contributed by atoms with Crippen molar-refractivity contribution in [1.29, 1.82) is 0 Å². The summed E-state index contributed by atoms with van der Waals surface area (Å²) >= 11 is 0. The number of benzene rings is 1. The van der Waals surface area contributed by atoms with E-state index in [0.717, 1.165) is 11.5 Å². The monoisotopic (exact) mass is 796 g/mol. The fourth-order valence-electron chi connectivity index (χ4n) is 6.78. The normalized spacial score (nSPS) is 16.3. The first-order chi connectivity index (χ1) is 27.8. The molecule has 306 valence electrons. The van der Waals surface area contributed by atoms with Crippen molar-refractivity contribution in [3.05, 3.63) is 123 Å². The average Bonchev–Trinajstić information content (AvgIpc) is 3.20. The minimum atomic E-state index is -1.64. The molecule has 3 amide bonds. The first kappa shape index (κ1) is 42.7. The number of nitrogens with one attached hydrogen (secondary N) is 2. The molecule has 2 aliphatic rings. The molecule has 3 aromatic rings. The number of rotatable bonds is 18. The zero-order valence-corrected chi connectivity index (χ0v) is 32.4. The number of hydrogen-bond donors (Lipinski definition) is 5. The summed E-state index contributed by atoms with van der Waals surface area (Å²) in [5, 5.41) is 35.4. The van der Waals surface area contributed by atoms with E-state index in [9.17, 15) is 49.0 Å². The number of hydrogen-bond acceptors (Lipinski definition) is 11. The lowest BCUT2D eigenvalue weighted by Gasteiger charge is -2.31. The van der Waals surface area contributed by atoms with Gasteiger partial charge in [-0.2, -0.15) is 0 Å². The number of carbonyl (C=O) groups is 5. The summed E-state index contributed by atoms with van der Waals surface area (Å²) in [5.74, 6) is -2.91. The van der Waals surface area contributed by atoms with Crippen LogP contribution in [0.4, 0.5) is 5.69 Å². The molecule has 2 aromatic heterocycles. The number of H-pyrrole nitrogens is 1. The van der Waals surface area contributed by atoms with Crippen molar-refractivity contribution in [1.82, 2.24) is 24.4 Å². The molecular formula is C42H48N6O10. The van der Waals surface area contributed by atoms with Gasteiger partial charge in [-0.3, -0.25) is 33.6 Å². The highest BCUT2D eigenvalue weighted by Gasteiger charge is 2.32. The maximum absolute atomic E-state index is 13.8. The Kier molecular flexibility index (Phi) is 14.5. The summed E-state index contributed by atoms with van der Waals surface area (Å²) < 4.78 is 0.296. The van der Waals surface area contributed by atoms with Crippen molar-refractivity contribution in [3.63, 3.8) is 0 Å². The second-order valence-electron chi connectivity index (χ2n) is 14.2. The van der Waals surface area contributed by atoms with Crippen molar-refractivity contribution in [2.75, 3.05) is 44.6 Å². The van der Waals surface area contributed by atoms with Crippen molar-refractivity contribution < 1.29 is 39.4 Å². The lowest BCUT2D eigenvalue weighted by atomic mass is 9.98. The number of aromatic nitrogens is 2. The van der Waals surface area contributed by atoms with Gasteiger partial charge in [0.2, 0.25) is 5.56 Å². The van der Waals surface area contributed by atoms with E-state index in [2.05, 4.69) is 10.3 Å². The van der Waals surface area contributed by atoms with Crippen LogP contribution >= 0.6 is 0 Å². The SMILES string of the molecule is CC(C)N(CCCN(CCCCN(CCCNc1cccc2ccc(=O)[nH]c12)C(=O)c1cccc(=O)n1O)C(=O)C1=CC=CC(=O)C1O)C(=O)C1=CC=CC(=O)C1O. The highest BCUT2D eigenvalue weighted by atomic mass is 16.5. The van der Waals surface area contributed by atoms with Crippen LogP contribution in [0.15, 0.2) is 106 Å². The third-order valence-electron chi connectivity index (χ3n) is 9.91. The molecule has 5 N–H and O–H groups in total. The number of anilines is 1. The van der Waals surface area contributed by atoms with E-state index in [4.69, 9.17) is 0 Å². The Balaban J connectivity index is 1.26. The molecule has 1 aromatic carbocycles. The number of aliphatic hydroxyl groups excluding tert-OH is 2. The molecule has 16 nitrogen and oxygen atoms in total. The van der Waals surface area contributed by atoms with Gasteiger partial charge in [0.05, 0.1) is 22.4 Å². The Morgan fingerprint density at radius 3 is 1.97 bits per heavy atom. The second kappa shape index (κ2) is 19.7. The molecule has 58 heavy (non-hydrogen) atoms. The number of para-hydroxylation sites is 1. The van der Waals surface area contributed by atoms with Gasteiger partial charge in [-0.25, -0.2) is 0 Å². The Hall–Kier alpha value is -6.39. The summed E-state index contributed by atoms with van der Waals surface area (Å²) in [6, 6.07) is 12.2. The van der Waals surface area contributed by atoms with Crippen LogP contribution in [0.25, 0.3) is 10.9 Å². The van der Waals surface area contributed by atoms with Crippen LogP contribution in [-0.4, -0.2) is 127 Å². The molecule has 0 saturated carbocycles. The number of unbranched alkanes of at least 4 members (excludes halogenated alkanes) is 1. The van der Waals surface area contributed by atoms with Gasteiger partial charge in [-0.15, -0.1) is 4.73 Å². The summed E-state index contributed by atoms with van der Waals surface area (Å²) in [7, 11) is 0. The van der Waals surface area contributed by atoms with Crippen LogP contribution in [0.5, 0.6) is 0 Å². The first-order valence-electron chi connectivity index (χ1n) is 19.2. The van der Waals surface area contributed by atoms with Crippen molar-refractivity contribution >= 4 is 45.9 Å². The Morgan fingerprint density at radius 1 is 0.724 bits per heavy atom. The highest BCUT2D eigenvalue weighted by Crippen LogP contribution is 2.21. The number of fused-ring (bicyclic) bond motifs is 1. The van der Waals surface area contributed by atoms with Crippen LogP contribution in [0, 0.1) is 0 Å². The molecule has 2 aliphatic carbocycles. The largest absolute Gasteiger partial charge is 0.425 e. The summed E-state index contributed by atoms with van der Waals surface area (Å²) in [6.07, 6.45) is 6.19. The van der Waals surface area contributed by atoms with E-state index in [1.165, 1.54) is 69.4 Å². The van der Waals surface area contributed by atoms with Gasteiger partial charge >= 0.3 is 0 Å². The van der Waals surface area contributed by atoms with Crippen molar-refractivity contribution in [2.24, 2.45) is 0 Å². The van der Waals surface area contributed by atoms with E-state index in [0.29, 0.717) is 41.7 Å². The quantitative estimate of drug-likeness (QED) is 0.0925. The number of carbonyl (C=O) groups excluding carboxylic acids is 5. The van der Waals surface area contributed by atoms with Crippen LogP contribution in [0.1, 0.15) is 50.0 Å². The Bertz CT molecular complexity index is 2290. The smallest absolute Gasteiger partial charge is 0.283 e. The molecule has 16 heteroatoms. The second-order valence-corrected chi connectivity index (χ2v) is 14.2. The Morgan fingerprint density at radius 2 is 1.31 bits per heavy atom. The highest BCUT2D eigenvalue weighted by molar-refractivity contribution is 6.08. The summed E-state index contributed by atoms with van der Waals surface area (Å²) in [6.45, 7) is 4.81. The fraction of sp³-hybridized carbons (Fsp3) is 0.357. The number of ketones is 2. The van der Waals surface area contributed by atoms with Gasteiger partial charge < -0.3 is 40.4 Å². The van der Waals surface area contributed by atoms with Gasteiger partial charge in [-0.1, -0.05) is 42.5 Å². The zero-order chi connectivity index (χ0) is 41.9. The number of pyridine rings is 2. The number of amides is 3. The predicted molar refractivity (Wildman–Crippen MR) is 215 cm³/mol. The van der Waals surface area contributed by atoms with Crippen molar-refractivity contribution in [2.45, 2.75) is 57.8 Å². The number of allylic oxidation sites excluding steroid dienone is 4. The van der Waals surface area contributed by atoms with Crippen molar-refractivity contribution in [3.8, 4) is 0 Å². The molecular weight excluding hydrogens is 748 g/mol. The van der Waals surface area contributed by atoms with Crippen LogP contribution < -0.4 is 16.4 Å². The minimum absolute atomic E-state index is 0.0524. The van der Waals surface area contributed by atoms with Gasteiger partial charge in [0.1, 0.15) is 17.9 Å². The predicted octanol–water partition coefficient (Wildman–Crippen LogP) is 1.96. The third kappa shape index (κ3) is 10.3. The van der Waals surface area contributed by atoms with Gasteiger partial charge in [0, 0.05) is 62.8 Å².